The maximum atomic E-state index is 5.75. The zero-order valence-electron chi connectivity index (χ0n) is 10.1. The lowest BCUT2D eigenvalue weighted by atomic mass is 10.1. The molecule has 17 heavy (non-hydrogen) atoms. The van der Waals surface area contributed by atoms with Gasteiger partial charge >= 0.3 is 0 Å². The highest BCUT2D eigenvalue weighted by atomic mass is 35.5. The Morgan fingerprint density at radius 2 is 2.29 bits per heavy atom. The Hall–Kier alpha value is -0.990. The lowest BCUT2D eigenvalue weighted by Crippen LogP contribution is -2.16. The van der Waals surface area contributed by atoms with E-state index in [0.717, 1.165) is 12.3 Å². The fourth-order valence-electron chi connectivity index (χ4n) is 1.77. The van der Waals surface area contributed by atoms with E-state index in [4.69, 9.17) is 16.3 Å². The lowest BCUT2D eigenvalue weighted by molar-refractivity contribution is 0.355. The highest BCUT2D eigenvalue weighted by molar-refractivity contribution is 6.25. The van der Waals surface area contributed by atoms with Crippen molar-refractivity contribution in [1.82, 2.24) is 5.32 Å². The molecule has 1 aliphatic carbocycles. The Balaban J connectivity index is 2.02. The van der Waals surface area contributed by atoms with Gasteiger partial charge in [-0.25, -0.2) is 0 Å². The average molecular weight is 252 g/mol. The number of para-hydroxylation sites is 1. The summed E-state index contributed by atoms with van der Waals surface area (Å²) in [6.07, 6.45) is 4.40. The van der Waals surface area contributed by atoms with E-state index < -0.39 is 0 Å². The number of nitrogens with one attached hydrogen (secondary N) is 1. The van der Waals surface area contributed by atoms with Crippen LogP contribution >= 0.6 is 11.6 Å². The van der Waals surface area contributed by atoms with Crippen molar-refractivity contribution >= 4 is 11.6 Å². The van der Waals surface area contributed by atoms with Crippen molar-refractivity contribution in [3.63, 3.8) is 0 Å². The summed E-state index contributed by atoms with van der Waals surface area (Å²) in [7, 11) is 0. The first kappa shape index (κ1) is 12.5. The summed E-state index contributed by atoms with van der Waals surface area (Å²) in [5.41, 5.74) is 3.88. The number of aryl methyl sites for hydroxylation is 1. The molecule has 0 atom stereocenters. The van der Waals surface area contributed by atoms with Crippen LogP contribution in [0, 0.1) is 6.92 Å². The predicted octanol–water partition coefficient (Wildman–Crippen LogP) is 3.38. The smallest absolute Gasteiger partial charge is 0.127 e. The molecule has 3 heteroatoms. The average Bonchev–Trinajstić information content (AvgIpc) is 3.13. The molecule has 1 N–H and O–H groups in total. The van der Waals surface area contributed by atoms with E-state index >= 15 is 0 Å². The molecule has 1 aromatic rings. The third-order valence-corrected chi connectivity index (χ3v) is 3.04. The van der Waals surface area contributed by atoms with E-state index in [0.29, 0.717) is 12.6 Å². The molecule has 1 fully saturated rings. The Bertz CT molecular complexity index is 399. The van der Waals surface area contributed by atoms with E-state index in [1.54, 1.807) is 6.08 Å². The maximum Gasteiger partial charge on any atom is 0.127 e. The summed E-state index contributed by atoms with van der Waals surface area (Å²) in [4.78, 5) is 0. The SMILES string of the molecule is Cc1cccc(CNC2CC2)c1OC/C=C/Cl. The van der Waals surface area contributed by atoms with Gasteiger partial charge in [0.25, 0.3) is 0 Å². The van der Waals surface area contributed by atoms with Gasteiger partial charge in [0, 0.05) is 23.7 Å². The Morgan fingerprint density at radius 3 is 3.00 bits per heavy atom. The minimum Gasteiger partial charge on any atom is -0.489 e. The van der Waals surface area contributed by atoms with Crippen molar-refractivity contribution in [2.24, 2.45) is 0 Å². The van der Waals surface area contributed by atoms with Crippen molar-refractivity contribution in [2.45, 2.75) is 32.4 Å². The number of benzene rings is 1. The molecular weight excluding hydrogens is 234 g/mol. The van der Waals surface area contributed by atoms with Crippen LogP contribution in [0.3, 0.4) is 0 Å². The van der Waals surface area contributed by atoms with Crippen molar-refractivity contribution < 1.29 is 4.74 Å². The molecule has 0 bridgehead atoms. The minimum atomic E-state index is 0.519. The second-order valence-corrected chi connectivity index (χ2v) is 4.64. The summed E-state index contributed by atoms with van der Waals surface area (Å²) in [5, 5.41) is 3.51. The van der Waals surface area contributed by atoms with Crippen LogP contribution in [-0.2, 0) is 6.54 Å². The first-order valence-corrected chi connectivity index (χ1v) is 6.45. The summed E-state index contributed by atoms with van der Waals surface area (Å²) in [6.45, 7) is 3.47. The summed E-state index contributed by atoms with van der Waals surface area (Å²) < 4.78 is 5.75. The highest BCUT2D eigenvalue weighted by Gasteiger charge is 2.20. The lowest BCUT2D eigenvalue weighted by Gasteiger charge is -2.13. The standard InChI is InChI=1S/C14H18ClNO/c1-11-4-2-5-12(10-16-13-6-7-13)14(11)17-9-3-8-15/h2-5,8,13,16H,6-7,9-10H2,1H3/b8-3+. The van der Waals surface area contributed by atoms with Crippen molar-refractivity contribution in [2.75, 3.05) is 6.61 Å². The van der Waals surface area contributed by atoms with Gasteiger partial charge in [-0.15, -0.1) is 0 Å². The van der Waals surface area contributed by atoms with Gasteiger partial charge in [0.15, 0.2) is 0 Å². The van der Waals surface area contributed by atoms with Gasteiger partial charge in [-0.2, -0.15) is 0 Å². The minimum absolute atomic E-state index is 0.519. The van der Waals surface area contributed by atoms with Gasteiger partial charge in [0.05, 0.1) is 0 Å². The predicted molar refractivity (Wildman–Crippen MR) is 71.5 cm³/mol. The molecule has 0 saturated heterocycles. The topological polar surface area (TPSA) is 21.3 Å². The molecule has 0 spiro atoms. The van der Waals surface area contributed by atoms with Gasteiger partial charge in [0.1, 0.15) is 12.4 Å². The van der Waals surface area contributed by atoms with E-state index in [-0.39, 0.29) is 0 Å². The molecule has 1 aliphatic rings. The van der Waals surface area contributed by atoms with Crippen LogP contribution in [0.1, 0.15) is 24.0 Å². The summed E-state index contributed by atoms with van der Waals surface area (Å²) in [6, 6.07) is 6.97. The summed E-state index contributed by atoms with van der Waals surface area (Å²) in [5.74, 6) is 0.982. The van der Waals surface area contributed by atoms with E-state index in [9.17, 15) is 0 Å². The molecule has 2 rings (SSSR count). The van der Waals surface area contributed by atoms with Crippen LogP contribution < -0.4 is 10.1 Å². The molecule has 0 heterocycles. The molecule has 0 radical (unpaired) electrons. The van der Waals surface area contributed by atoms with Crippen LogP contribution in [0.15, 0.2) is 29.8 Å². The molecule has 1 saturated carbocycles. The molecular formula is C14H18ClNO. The van der Waals surface area contributed by atoms with Gasteiger partial charge in [-0.3, -0.25) is 0 Å². The van der Waals surface area contributed by atoms with Crippen LogP contribution in [-0.4, -0.2) is 12.6 Å². The number of rotatable bonds is 6. The van der Waals surface area contributed by atoms with Gasteiger partial charge < -0.3 is 10.1 Å². The quantitative estimate of drug-likeness (QED) is 0.837. The van der Waals surface area contributed by atoms with E-state index in [1.165, 1.54) is 29.5 Å². The second-order valence-electron chi connectivity index (χ2n) is 4.39. The molecule has 1 aromatic carbocycles. The van der Waals surface area contributed by atoms with E-state index in [2.05, 4.69) is 30.4 Å². The Kier molecular flexibility index (Phi) is 4.46. The Labute approximate surface area is 108 Å². The van der Waals surface area contributed by atoms with Gasteiger partial charge in [-0.1, -0.05) is 29.8 Å². The third kappa shape index (κ3) is 3.76. The highest BCUT2D eigenvalue weighted by Crippen LogP contribution is 2.25. The molecule has 0 amide bonds. The zero-order valence-corrected chi connectivity index (χ0v) is 10.8. The van der Waals surface area contributed by atoms with Gasteiger partial charge in [-0.05, 0) is 31.4 Å². The van der Waals surface area contributed by atoms with Gasteiger partial charge in [0.2, 0.25) is 0 Å². The molecule has 0 unspecified atom stereocenters. The first-order valence-electron chi connectivity index (χ1n) is 6.01. The Morgan fingerprint density at radius 1 is 1.47 bits per heavy atom. The van der Waals surface area contributed by atoms with Crippen molar-refractivity contribution in [3.8, 4) is 5.75 Å². The van der Waals surface area contributed by atoms with Crippen LogP contribution in [0.4, 0.5) is 0 Å². The number of hydrogen-bond acceptors (Lipinski definition) is 2. The second kappa shape index (κ2) is 6.08. The van der Waals surface area contributed by atoms with Crippen LogP contribution in [0.25, 0.3) is 0 Å². The molecule has 2 nitrogen and oxygen atoms in total. The summed E-state index contributed by atoms with van der Waals surface area (Å²) >= 11 is 5.49. The zero-order chi connectivity index (χ0) is 12.1. The molecule has 0 aromatic heterocycles. The van der Waals surface area contributed by atoms with Crippen LogP contribution in [0.5, 0.6) is 5.75 Å². The number of halogens is 1. The fraction of sp³-hybridized carbons (Fsp3) is 0.429. The third-order valence-electron chi connectivity index (χ3n) is 2.86. The monoisotopic (exact) mass is 251 g/mol. The van der Waals surface area contributed by atoms with Crippen molar-refractivity contribution in [1.29, 1.82) is 0 Å². The van der Waals surface area contributed by atoms with Crippen LogP contribution in [0.2, 0.25) is 0 Å². The van der Waals surface area contributed by atoms with E-state index in [1.807, 2.05) is 0 Å². The number of hydrogen-bond donors (Lipinski definition) is 1. The van der Waals surface area contributed by atoms with Crippen molar-refractivity contribution in [3.05, 3.63) is 40.9 Å². The fourth-order valence-corrected chi connectivity index (χ4v) is 1.84. The molecule has 0 aliphatic heterocycles. The molecule has 92 valence electrons. The number of ether oxygens (including phenoxy) is 1. The maximum absolute atomic E-state index is 5.75. The first-order chi connectivity index (χ1) is 8.31. The normalized spacial score (nSPS) is 15.4. The largest absolute Gasteiger partial charge is 0.489 e.